The van der Waals surface area contributed by atoms with Crippen molar-refractivity contribution in [2.24, 2.45) is 0 Å². The second-order valence-electron chi connectivity index (χ2n) is 7.11. The number of aryl methyl sites for hydroxylation is 2. The summed E-state index contributed by atoms with van der Waals surface area (Å²) in [5.74, 6) is 1.98. The number of hydrogen-bond acceptors (Lipinski definition) is 4. The standard InChI is InChI=1S/C21H23BrN2O3/c1-13-5-8-18(26-13)17(24-9-3-4-10-24)12-23-21(25)20-14(2)16-7-6-15(22)11-19(16)27-20/h5-8,11,17H,3-4,9-10,12H2,1-2H3,(H,23,25)/t17-/m0/s1. The van der Waals surface area contributed by atoms with Crippen LogP contribution in [0.5, 0.6) is 0 Å². The van der Waals surface area contributed by atoms with Gasteiger partial charge in [-0.15, -0.1) is 0 Å². The van der Waals surface area contributed by atoms with Crippen LogP contribution in [0, 0.1) is 13.8 Å². The summed E-state index contributed by atoms with van der Waals surface area (Å²) in [5.41, 5.74) is 1.58. The van der Waals surface area contributed by atoms with Gasteiger partial charge in [-0.3, -0.25) is 9.69 Å². The second kappa shape index (κ2) is 7.52. The first-order valence-corrected chi connectivity index (χ1v) is 10.1. The molecule has 0 radical (unpaired) electrons. The predicted octanol–water partition coefficient (Wildman–Crippen LogP) is 4.97. The molecule has 1 fully saturated rings. The Morgan fingerprint density at radius 3 is 2.67 bits per heavy atom. The minimum absolute atomic E-state index is 0.0454. The highest BCUT2D eigenvalue weighted by Gasteiger charge is 2.27. The van der Waals surface area contributed by atoms with Crippen molar-refractivity contribution >= 4 is 32.8 Å². The van der Waals surface area contributed by atoms with Gasteiger partial charge in [0.25, 0.3) is 5.91 Å². The Morgan fingerprint density at radius 1 is 1.19 bits per heavy atom. The van der Waals surface area contributed by atoms with Gasteiger partial charge in [0.1, 0.15) is 17.1 Å². The Morgan fingerprint density at radius 2 is 1.96 bits per heavy atom. The van der Waals surface area contributed by atoms with Crippen LogP contribution in [0.1, 0.15) is 46.5 Å². The Labute approximate surface area is 166 Å². The van der Waals surface area contributed by atoms with Crippen molar-refractivity contribution in [3.8, 4) is 0 Å². The summed E-state index contributed by atoms with van der Waals surface area (Å²) in [6.07, 6.45) is 2.36. The van der Waals surface area contributed by atoms with Crippen molar-refractivity contribution in [3.05, 3.63) is 57.6 Å². The third kappa shape index (κ3) is 3.69. The van der Waals surface area contributed by atoms with E-state index < -0.39 is 0 Å². The first-order chi connectivity index (χ1) is 13.0. The lowest BCUT2D eigenvalue weighted by atomic mass is 10.1. The lowest BCUT2D eigenvalue weighted by Crippen LogP contribution is -2.36. The molecule has 0 spiro atoms. The van der Waals surface area contributed by atoms with Crippen molar-refractivity contribution in [1.82, 2.24) is 10.2 Å². The quantitative estimate of drug-likeness (QED) is 0.620. The molecule has 5 nitrogen and oxygen atoms in total. The molecule has 6 heteroatoms. The average Bonchev–Trinajstić information content (AvgIpc) is 3.37. The Bertz CT molecular complexity index is 969. The van der Waals surface area contributed by atoms with E-state index in [9.17, 15) is 4.79 Å². The van der Waals surface area contributed by atoms with Gasteiger partial charge in [0.2, 0.25) is 0 Å². The van der Waals surface area contributed by atoms with Crippen molar-refractivity contribution in [2.45, 2.75) is 32.7 Å². The van der Waals surface area contributed by atoms with Gasteiger partial charge in [-0.1, -0.05) is 15.9 Å². The van der Waals surface area contributed by atoms with Gasteiger partial charge in [0, 0.05) is 22.0 Å². The van der Waals surface area contributed by atoms with Gasteiger partial charge in [0.05, 0.1) is 6.04 Å². The summed E-state index contributed by atoms with van der Waals surface area (Å²) < 4.78 is 12.6. The number of rotatable bonds is 5. The van der Waals surface area contributed by atoms with Crippen LogP contribution in [0.2, 0.25) is 0 Å². The van der Waals surface area contributed by atoms with Crippen LogP contribution in [-0.2, 0) is 0 Å². The highest BCUT2D eigenvalue weighted by molar-refractivity contribution is 9.10. The number of nitrogens with zero attached hydrogens (tertiary/aromatic N) is 1. The van der Waals surface area contributed by atoms with Crippen LogP contribution < -0.4 is 5.32 Å². The maximum Gasteiger partial charge on any atom is 0.287 e. The van der Waals surface area contributed by atoms with Crippen LogP contribution in [0.3, 0.4) is 0 Å². The first kappa shape index (κ1) is 18.3. The topological polar surface area (TPSA) is 58.6 Å². The number of nitrogens with one attached hydrogen (secondary N) is 1. The minimum atomic E-state index is -0.188. The molecule has 1 N–H and O–H groups in total. The fourth-order valence-corrected chi connectivity index (χ4v) is 4.12. The van der Waals surface area contributed by atoms with Crippen molar-refractivity contribution in [3.63, 3.8) is 0 Å². The summed E-state index contributed by atoms with van der Waals surface area (Å²) >= 11 is 3.44. The molecule has 0 aliphatic carbocycles. The molecule has 2 aromatic heterocycles. The molecule has 4 rings (SSSR count). The lowest BCUT2D eigenvalue weighted by molar-refractivity contribution is 0.0907. The highest BCUT2D eigenvalue weighted by Crippen LogP contribution is 2.29. The molecule has 0 bridgehead atoms. The summed E-state index contributed by atoms with van der Waals surface area (Å²) in [6, 6.07) is 9.83. The monoisotopic (exact) mass is 430 g/mol. The number of hydrogen-bond donors (Lipinski definition) is 1. The fraction of sp³-hybridized carbons (Fsp3) is 0.381. The molecule has 1 aliphatic heterocycles. The molecule has 3 aromatic rings. The summed E-state index contributed by atoms with van der Waals surface area (Å²) in [4.78, 5) is 15.2. The second-order valence-corrected chi connectivity index (χ2v) is 8.03. The van der Waals surface area contributed by atoms with Crippen molar-refractivity contribution in [2.75, 3.05) is 19.6 Å². The SMILES string of the molecule is Cc1ccc([C@H](CNC(=O)c2oc3cc(Br)ccc3c2C)N2CCCC2)o1. The lowest BCUT2D eigenvalue weighted by Gasteiger charge is -2.25. The number of furan rings is 2. The van der Waals surface area contributed by atoms with E-state index in [2.05, 4.69) is 26.1 Å². The largest absolute Gasteiger partial charge is 0.465 e. The summed E-state index contributed by atoms with van der Waals surface area (Å²) in [5, 5.41) is 4.01. The first-order valence-electron chi connectivity index (χ1n) is 9.30. The maximum absolute atomic E-state index is 12.8. The number of fused-ring (bicyclic) bond motifs is 1. The number of halogens is 1. The molecular weight excluding hydrogens is 408 g/mol. The molecule has 0 saturated carbocycles. The van der Waals surface area contributed by atoms with Gasteiger partial charge >= 0.3 is 0 Å². The number of amides is 1. The van der Waals surface area contributed by atoms with Crippen LogP contribution >= 0.6 is 15.9 Å². The summed E-state index contributed by atoms with van der Waals surface area (Å²) in [7, 11) is 0. The predicted molar refractivity (Wildman–Crippen MR) is 108 cm³/mol. The van der Waals surface area contributed by atoms with E-state index >= 15 is 0 Å². The molecule has 1 aliphatic rings. The van der Waals surface area contributed by atoms with E-state index in [1.165, 1.54) is 12.8 Å². The average molecular weight is 431 g/mol. The third-order valence-corrected chi connectivity index (χ3v) is 5.73. The Balaban J connectivity index is 1.53. The zero-order chi connectivity index (χ0) is 19.0. The van der Waals surface area contributed by atoms with E-state index in [-0.39, 0.29) is 11.9 Å². The molecule has 1 aromatic carbocycles. The van der Waals surface area contributed by atoms with Gasteiger partial charge in [-0.25, -0.2) is 0 Å². The minimum Gasteiger partial charge on any atom is -0.465 e. The molecule has 1 saturated heterocycles. The van der Waals surface area contributed by atoms with E-state index in [0.29, 0.717) is 17.9 Å². The fourth-order valence-electron chi connectivity index (χ4n) is 3.78. The van der Waals surface area contributed by atoms with Crippen LogP contribution in [0.15, 0.2) is 43.6 Å². The smallest absolute Gasteiger partial charge is 0.287 e. The molecule has 27 heavy (non-hydrogen) atoms. The summed E-state index contributed by atoms with van der Waals surface area (Å²) in [6.45, 7) is 6.41. The van der Waals surface area contributed by atoms with Gasteiger partial charge < -0.3 is 14.2 Å². The van der Waals surface area contributed by atoms with E-state index in [1.54, 1.807) is 0 Å². The van der Waals surface area contributed by atoms with E-state index in [4.69, 9.17) is 8.83 Å². The zero-order valence-corrected chi connectivity index (χ0v) is 17.1. The molecule has 3 heterocycles. The maximum atomic E-state index is 12.8. The zero-order valence-electron chi connectivity index (χ0n) is 15.5. The van der Waals surface area contributed by atoms with Gasteiger partial charge in [0.15, 0.2) is 5.76 Å². The molecule has 1 atom stereocenters. The number of carbonyl (C=O) groups excluding carboxylic acids is 1. The molecule has 1 amide bonds. The Kier molecular flexibility index (Phi) is 5.10. The molecule has 0 unspecified atom stereocenters. The van der Waals surface area contributed by atoms with Gasteiger partial charge in [-0.05, 0) is 70.1 Å². The van der Waals surface area contributed by atoms with E-state index in [1.807, 2.05) is 44.2 Å². The van der Waals surface area contributed by atoms with Crippen molar-refractivity contribution in [1.29, 1.82) is 0 Å². The Hall–Kier alpha value is -2.05. The number of likely N-dealkylation sites (tertiary alicyclic amines) is 1. The van der Waals surface area contributed by atoms with Gasteiger partial charge in [-0.2, -0.15) is 0 Å². The van der Waals surface area contributed by atoms with E-state index in [0.717, 1.165) is 40.0 Å². The number of carbonyl (C=O) groups is 1. The normalized spacial score (nSPS) is 16.1. The van der Waals surface area contributed by atoms with Crippen LogP contribution in [-0.4, -0.2) is 30.4 Å². The molecule has 142 valence electrons. The molecular formula is C21H23BrN2O3. The third-order valence-electron chi connectivity index (χ3n) is 5.23. The van der Waals surface area contributed by atoms with Crippen molar-refractivity contribution < 1.29 is 13.6 Å². The highest BCUT2D eigenvalue weighted by atomic mass is 79.9. The van der Waals surface area contributed by atoms with Crippen LogP contribution in [0.4, 0.5) is 0 Å². The van der Waals surface area contributed by atoms with Crippen LogP contribution in [0.25, 0.3) is 11.0 Å². The number of benzene rings is 1.